The Labute approximate surface area is 164 Å². The van der Waals surface area contributed by atoms with Crippen molar-refractivity contribution in [3.63, 3.8) is 0 Å². The summed E-state index contributed by atoms with van der Waals surface area (Å²) >= 11 is 3.47. The Balaban J connectivity index is 1.96. The van der Waals surface area contributed by atoms with Crippen LogP contribution < -0.4 is 0 Å². The molecule has 0 bridgehead atoms. The van der Waals surface area contributed by atoms with E-state index in [9.17, 15) is 8.42 Å². The van der Waals surface area contributed by atoms with Crippen molar-refractivity contribution in [1.29, 1.82) is 0 Å². The molecule has 0 aromatic heterocycles. The van der Waals surface area contributed by atoms with E-state index in [1.807, 2.05) is 57.2 Å². The fraction of sp³-hybridized carbons (Fsp3) is 0.400. The molecule has 0 saturated carbocycles. The van der Waals surface area contributed by atoms with Gasteiger partial charge in [-0.05, 0) is 42.7 Å². The van der Waals surface area contributed by atoms with Crippen LogP contribution >= 0.6 is 15.9 Å². The number of ether oxygens (including phenoxy) is 1. The van der Waals surface area contributed by atoms with Crippen LogP contribution in [-0.2, 0) is 21.2 Å². The number of hydrogen-bond acceptors (Lipinski definition) is 3. The van der Waals surface area contributed by atoms with Gasteiger partial charge in [-0.15, -0.1) is 0 Å². The third-order valence-corrected chi connectivity index (χ3v) is 7.16. The quantitative estimate of drug-likeness (QED) is 0.697. The Kier molecular flexibility index (Phi) is 5.87. The van der Waals surface area contributed by atoms with E-state index >= 15 is 0 Å². The molecule has 0 N–H and O–H groups in total. The Morgan fingerprint density at radius 2 is 1.88 bits per heavy atom. The average Bonchev–Trinajstić information content (AvgIpc) is 3.00. The van der Waals surface area contributed by atoms with Gasteiger partial charge in [0.2, 0.25) is 10.0 Å². The minimum atomic E-state index is -3.63. The molecule has 1 aliphatic heterocycles. The summed E-state index contributed by atoms with van der Waals surface area (Å²) in [6.45, 7) is 6.43. The molecule has 4 nitrogen and oxygen atoms in total. The number of aryl methyl sites for hydroxylation is 1. The summed E-state index contributed by atoms with van der Waals surface area (Å²) in [5, 5.41) is 0. The van der Waals surface area contributed by atoms with Crippen LogP contribution in [0, 0.1) is 12.8 Å². The zero-order chi connectivity index (χ0) is 18.9. The highest BCUT2D eigenvalue weighted by Crippen LogP contribution is 2.32. The summed E-state index contributed by atoms with van der Waals surface area (Å²) in [6.07, 6.45) is 0.0244. The first-order valence-corrected chi connectivity index (χ1v) is 11.0. The van der Waals surface area contributed by atoms with E-state index in [2.05, 4.69) is 15.9 Å². The summed E-state index contributed by atoms with van der Waals surface area (Å²) < 4.78 is 35.2. The Morgan fingerprint density at radius 1 is 1.19 bits per heavy atom. The molecule has 1 saturated heterocycles. The zero-order valence-corrected chi connectivity index (χ0v) is 17.6. The molecular formula is C20H24BrNO3S. The van der Waals surface area contributed by atoms with Gasteiger partial charge in [0.1, 0.15) is 6.23 Å². The molecule has 1 fully saturated rings. The molecule has 0 unspecified atom stereocenters. The molecule has 3 rings (SSSR count). The molecule has 2 atom stereocenters. The number of sulfonamides is 1. The van der Waals surface area contributed by atoms with Gasteiger partial charge in [-0.25, -0.2) is 8.42 Å². The maximum atomic E-state index is 13.4. The second-order valence-electron chi connectivity index (χ2n) is 7.08. The molecule has 140 valence electrons. The van der Waals surface area contributed by atoms with Gasteiger partial charge in [-0.3, -0.25) is 0 Å². The molecule has 1 heterocycles. The van der Waals surface area contributed by atoms with Crippen molar-refractivity contribution in [3.8, 4) is 0 Å². The summed E-state index contributed by atoms with van der Waals surface area (Å²) in [5.41, 5.74) is 2.07. The van der Waals surface area contributed by atoms with Crippen molar-refractivity contribution in [2.75, 3.05) is 6.61 Å². The lowest BCUT2D eigenvalue weighted by Gasteiger charge is -2.29. The standard InChI is InChI=1S/C20H24BrNO3S/c1-14(2)19-13-25-20(12-16-5-4-6-17(21)11-16)22(19)26(23,24)18-9-7-15(3)8-10-18/h4-11,14,19-20H,12-13H2,1-3H3/t19-,20+/m1/s1. The van der Waals surface area contributed by atoms with Crippen LogP contribution in [0.15, 0.2) is 57.9 Å². The second-order valence-corrected chi connectivity index (χ2v) is 9.84. The fourth-order valence-electron chi connectivity index (χ4n) is 3.24. The van der Waals surface area contributed by atoms with Crippen LogP contribution in [0.2, 0.25) is 0 Å². The monoisotopic (exact) mass is 437 g/mol. The Hall–Kier alpha value is -1.21. The highest BCUT2D eigenvalue weighted by molar-refractivity contribution is 9.10. The van der Waals surface area contributed by atoms with Gasteiger partial charge in [0.25, 0.3) is 0 Å². The normalized spacial score (nSPS) is 21.4. The molecule has 0 amide bonds. The van der Waals surface area contributed by atoms with Crippen LogP contribution in [0.25, 0.3) is 0 Å². The number of hydrogen-bond donors (Lipinski definition) is 0. The lowest BCUT2D eigenvalue weighted by Crippen LogP contribution is -2.45. The highest BCUT2D eigenvalue weighted by atomic mass is 79.9. The van der Waals surface area contributed by atoms with Gasteiger partial charge in [-0.2, -0.15) is 4.31 Å². The molecule has 26 heavy (non-hydrogen) atoms. The molecule has 2 aromatic carbocycles. The SMILES string of the molecule is Cc1ccc(S(=O)(=O)N2[C@H](Cc3cccc(Br)c3)OC[C@@H]2C(C)C)cc1. The Bertz CT molecular complexity index is 865. The predicted molar refractivity (Wildman–Crippen MR) is 106 cm³/mol. The van der Waals surface area contributed by atoms with Crippen molar-refractivity contribution >= 4 is 26.0 Å². The maximum absolute atomic E-state index is 13.4. The third-order valence-electron chi connectivity index (χ3n) is 4.74. The summed E-state index contributed by atoms with van der Waals surface area (Å²) in [5.74, 6) is 0.169. The lowest BCUT2D eigenvalue weighted by molar-refractivity contribution is 0.0687. The van der Waals surface area contributed by atoms with Crippen LogP contribution in [0.1, 0.15) is 25.0 Å². The minimum Gasteiger partial charge on any atom is -0.360 e. The van der Waals surface area contributed by atoms with Crippen LogP contribution in [0.5, 0.6) is 0 Å². The molecule has 1 aliphatic rings. The van der Waals surface area contributed by atoms with Crippen LogP contribution in [0.3, 0.4) is 0 Å². The van der Waals surface area contributed by atoms with Crippen molar-refractivity contribution in [2.24, 2.45) is 5.92 Å². The molecule has 0 radical (unpaired) electrons. The van der Waals surface area contributed by atoms with Crippen molar-refractivity contribution in [2.45, 2.75) is 44.4 Å². The van der Waals surface area contributed by atoms with E-state index in [-0.39, 0.29) is 12.0 Å². The van der Waals surface area contributed by atoms with E-state index in [4.69, 9.17) is 4.74 Å². The van der Waals surface area contributed by atoms with Gasteiger partial charge in [0.05, 0.1) is 17.5 Å². The molecule has 2 aromatic rings. The van der Waals surface area contributed by atoms with E-state index in [0.29, 0.717) is 17.9 Å². The van der Waals surface area contributed by atoms with Crippen LogP contribution in [0.4, 0.5) is 0 Å². The summed E-state index contributed by atoms with van der Waals surface area (Å²) in [6, 6.07) is 14.8. The zero-order valence-electron chi connectivity index (χ0n) is 15.2. The van der Waals surface area contributed by atoms with Crippen molar-refractivity contribution in [1.82, 2.24) is 4.31 Å². The number of benzene rings is 2. The smallest absolute Gasteiger partial charge is 0.245 e. The van der Waals surface area contributed by atoms with Gasteiger partial charge >= 0.3 is 0 Å². The first-order chi connectivity index (χ1) is 12.3. The van der Waals surface area contributed by atoms with E-state index in [0.717, 1.165) is 15.6 Å². The summed E-state index contributed by atoms with van der Waals surface area (Å²) in [7, 11) is -3.63. The molecule has 0 aliphatic carbocycles. The van der Waals surface area contributed by atoms with Gasteiger partial charge in [0, 0.05) is 10.9 Å². The van der Waals surface area contributed by atoms with E-state index in [1.54, 1.807) is 16.4 Å². The van der Waals surface area contributed by atoms with Gasteiger partial charge in [0.15, 0.2) is 0 Å². The van der Waals surface area contributed by atoms with E-state index < -0.39 is 16.3 Å². The minimum absolute atomic E-state index is 0.168. The average molecular weight is 438 g/mol. The van der Waals surface area contributed by atoms with Crippen molar-refractivity contribution < 1.29 is 13.2 Å². The fourth-order valence-corrected chi connectivity index (χ4v) is 5.51. The van der Waals surface area contributed by atoms with Crippen LogP contribution in [-0.4, -0.2) is 31.6 Å². The maximum Gasteiger partial charge on any atom is 0.245 e. The number of rotatable bonds is 5. The lowest BCUT2D eigenvalue weighted by atomic mass is 10.1. The predicted octanol–water partition coefficient (Wildman–Crippen LogP) is 4.37. The second kappa shape index (κ2) is 7.80. The topological polar surface area (TPSA) is 46.6 Å². The molecule has 6 heteroatoms. The third kappa shape index (κ3) is 4.03. The van der Waals surface area contributed by atoms with Gasteiger partial charge < -0.3 is 4.74 Å². The first-order valence-electron chi connectivity index (χ1n) is 8.75. The highest BCUT2D eigenvalue weighted by Gasteiger charge is 2.44. The van der Waals surface area contributed by atoms with E-state index in [1.165, 1.54) is 0 Å². The summed E-state index contributed by atoms with van der Waals surface area (Å²) in [4.78, 5) is 0.318. The first kappa shape index (κ1) is 19.5. The number of halogens is 1. The number of nitrogens with zero attached hydrogens (tertiary/aromatic N) is 1. The molecule has 0 spiro atoms. The largest absolute Gasteiger partial charge is 0.360 e. The van der Waals surface area contributed by atoms with Gasteiger partial charge in [-0.1, -0.05) is 59.6 Å². The van der Waals surface area contributed by atoms with Crippen molar-refractivity contribution in [3.05, 3.63) is 64.1 Å². The Morgan fingerprint density at radius 3 is 2.50 bits per heavy atom. The molecular weight excluding hydrogens is 414 g/mol.